The molecule has 0 rings (SSSR count). The third-order valence-electron chi connectivity index (χ3n) is 2.81. The van der Waals surface area contributed by atoms with E-state index in [1.54, 1.807) is 0 Å². The largest absolute Gasteiger partial charge is 0.756 e. The summed E-state index contributed by atoms with van der Waals surface area (Å²) in [4.78, 5) is 46.2. The van der Waals surface area contributed by atoms with E-state index in [1.807, 2.05) is 0 Å². The molecule has 0 heterocycles. The van der Waals surface area contributed by atoms with Gasteiger partial charge >= 0.3 is 0 Å². The van der Waals surface area contributed by atoms with Crippen LogP contribution in [0.15, 0.2) is 0 Å². The quantitative estimate of drug-likeness (QED) is 0.177. The summed E-state index contributed by atoms with van der Waals surface area (Å²) in [5.74, 6) is 0. The van der Waals surface area contributed by atoms with Crippen molar-refractivity contribution >= 4 is 31.3 Å². The maximum absolute atomic E-state index is 12.0. The zero-order chi connectivity index (χ0) is 25.1. The Kier molecular flexibility index (Phi) is 14.9. The van der Waals surface area contributed by atoms with Gasteiger partial charge in [-0.05, 0) is 13.8 Å². The topological polar surface area (TPSA) is 255 Å². The maximum atomic E-state index is 12.0. The van der Waals surface area contributed by atoms with Gasteiger partial charge in [0.1, 0.15) is 12.2 Å². The average molecular weight is 552 g/mol. The normalized spacial score (nSPS) is 21.6. The lowest BCUT2D eigenvalue weighted by molar-refractivity contribution is -0.246. The lowest BCUT2D eigenvalue weighted by atomic mass is 10.4. The first-order valence-electron chi connectivity index (χ1n) is 8.61. The molecule has 0 bridgehead atoms. The second-order valence-electron chi connectivity index (χ2n) is 5.33. The first-order chi connectivity index (χ1) is 14.6. The van der Waals surface area contributed by atoms with Crippen molar-refractivity contribution in [1.82, 2.24) is 0 Å². The van der Waals surface area contributed by atoms with Gasteiger partial charge in [0.25, 0.3) is 31.3 Å². The minimum Gasteiger partial charge on any atom is -0.756 e. The van der Waals surface area contributed by atoms with Crippen molar-refractivity contribution in [2.75, 3.05) is 46.8 Å². The van der Waals surface area contributed by atoms with E-state index < -0.39 is 69.9 Å². The summed E-state index contributed by atoms with van der Waals surface area (Å²) in [7, 11) is -19.2. The van der Waals surface area contributed by atoms with Crippen LogP contribution in [0, 0.1) is 0 Å². The zero-order valence-electron chi connectivity index (χ0n) is 17.2. The first kappa shape index (κ1) is 32.4. The summed E-state index contributed by atoms with van der Waals surface area (Å²) in [6, 6.07) is 0. The van der Waals surface area contributed by atoms with Gasteiger partial charge < -0.3 is 60.9 Å². The Labute approximate surface area is 183 Å². The van der Waals surface area contributed by atoms with Crippen molar-refractivity contribution in [2.45, 2.75) is 26.1 Å². The molecule has 1 N–H and O–H groups in total. The van der Waals surface area contributed by atoms with Gasteiger partial charge in [-0.15, -0.1) is 0 Å². The fraction of sp³-hybridized carbons (Fsp3) is 1.00. The standard InChI is InChI=1S/C11H28O17P4/c1-4-22-30(15,16)24-8-11(9-25-31(17,18)23-5-2)28-32(19,20)26-7-10(6-12)27-29(13,14)21-3/h10-12H,4-9H2,1-3H3,(H,13,14)(H,15,16)(H,17,18)(H,19,20)/p-4. The Hall–Kier alpha value is 0.400. The van der Waals surface area contributed by atoms with Gasteiger partial charge in [0.05, 0.1) is 39.6 Å². The highest BCUT2D eigenvalue weighted by Gasteiger charge is 2.25. The summed E-state index contributed by atoms with van der Waals surface area (Å²) in [6.07, 6.45) is -3.61. The smallest absolute Gasteiger partial charge is 0.268 e. The van der Waals surface area contributed by atoms with Crippen LogP contribution in [0.1, 0.15) is 13.8 Å². The maximum Gasteiger partial charge on any atom is 0.268 e. The van der Waals surface area contributed by atoms with Crippen LogP contribution >= 0.6 is 31.3 Å². The fourth-order valence-electron chi connectivity index (χ4n) is 1.58. The van der Waals surface area contributed by atoms with Crippen molar-refractivity contribution in [3.63, 3.8) is 0 Å². The van der Waals surface area contributed by atoms with Crippen LogP contribution in [0.3, 0.4) is 0 Å². The van der Waals surface area contributed by atoms with Gasteiger partial charge in [0.2, 0.25) is 0 Å². The van der Waals surface area contributed by atoms with Crippen molar-refractivity contribution < 1.29 is 79.1 Å². The average Bonchev–Trinajstić information content (AvgIpc) is 2.67. The molecule has 0 aromatic heterocycles. The van der Waals surface area contributed by atoms with Crippen molar-refractivity contribution in [1.29, 1.82) is 0 Å². The van der Waals surface area contributed by atoms with E-state index in [0.29, 0.717) is 0 Å². The molecule has 0 aliphatic rings. The number of aliphatic hydroxyl groups is 1. The van der Waals surface area contributed by atoms with Crippen LogP contribution in [0.5, 0.6) is 0 Å². The molecular formula is C11H24O17P4-4. The van der Waals surface area contributed by atoms with E-state index >= 15 is 0 Å². The molecule has 0 saturated heterocycles. The molecule has 32 heavy (non-hydrogen) atoms. The third kappa shape index (κ3) is 15.3. The first-order valence-corrected chi connectivity index (χ1v) is 14.5. The van der Waals surface area contributed by atoms with Gasteiger partial charge in [-0.2, -0.15) is 0 Å². The third-order valence-corrected chi connectivity index (χ3v) is 6.92. The highest BCUT2D eigenvalue weighted by atomic mass is 31.2. The molecule has 0 radical (unpaired) electrons. The van der Waals surface area contributed by atoms with E-state index in [9.17, 15) is 37.8 Å². The second kappa shape index (κ2) is 14.7. The number of aliphatic hydroxyl groups excluding tert-OH is 1. The molecule has 0 aliphatic heterocycles. The number of phosphoric acid groups is 4. The molecule has 0 fully saturated rings. The Bertz CT molecular complexity index is 699. The zero-order valence-corrected chi connectivity index (χ0v) is 20.7. The van der Waals surface area contributed by atoms with Gasteiger partial charge in [-0.25, -0.2) is 0 Å². The van der Waals surface area contributed by atoms with Crippen LogP contribution in [-0.4, -0.2) is 64.1 Å². The van der Waals surface area contributed by atoms with Gasteiger partial charge in [-0.3, -0.25) is 18.3 Å². The van der Waals surface area contributed by atoms with Crippen LogP contribution in [0.25, 0.3) is 0 Å². The SMILES string of the molecule is CCOP(=O)([O-])OCC(COP(=O)([O-])OCC)OP(=O)([O-])OCC(CO)OP(=O)([O-])OC. The molecule has 17 nitrogen and oxygen atoms in total. The Balaban J connectivity index is 5.17. The minimum absolute atomic E-state index is 0.306. The summed E-state index contributed by atoms with van der Waals surface area (Å²) in [5.41, 5.74) is 0. The molecule has 0 aliphatic carbocycles. The Morgan fingerprint density at radius 1 is 0.656 bits per heavy atom. The van der Waals surface area contributed by atoms with E-state index in [-0.39, 0.29) is 13.2 Å². The van der Waals surface area contributed by atoms with E-state index in [0.717, 1.165) is 7.11 Å². The molecular weight excluding hydrogens is 528 g/mol. The Morgan fingerprint density at radius 3 is 1.41 bits per heavy atom. The van der Waals surface area contributed by atoms with E-state index in [4.69, 9.17) is 5.11 Å². The summed E-state index contributed by atoms with van der Waals surface area (Å²) >= 11 is 0. The summed E-state index contributed by atoms with van der Waals surface area (Å²) < 4.78 is 80.7. The molecule has 5 atom stereocenters. The monoisotopic (exact) mass is 552 g/mol. The lowest BCUT2D eigenvalue weighted by Gasteiger charge is -2.32. The summed E-state index contributed by atoms with van der Waals surface area (Å²) in [5, 5.41) is 9.06. The molecule has 0 aromatic carbocycles. The summed E-state index contributed by atoms with van der Waals surface area (Å²) in [6.45, 7) is -2.20. The molecule has 0 saturated carbocycles. The second-order valence-corrected chi connectivity index (χ2v) is 11.0. The molecule has 0 amide bonds. The fourth-order valence-corrected chi connectivity index (χ4v) is 4.53. The number of phosphoric ester groups is 4. The van der Waals surface area contributed by atoms with E-state index in [2.05, 4.69) is 36.2 Å². The van der Waals surface area contributed by atoms with Gasteiger partial charge in [0.15, 0.2) is 0 Å². The number of rotatable bonds is 19. The van der Waals surface area contributed by atoms with Crippen LogP contribution in [0.2, 0.25) is 0 Å². The predicted molar refractivity (Wildman–Crippen MR) is 95.4 cm³/mol. The molecule has 194 valence electrons. The number of hydrogen-bond donors (Lipinski definition) is 1. The highest BCUT2D eigenvalue weighted by molar-refractivity contribution is 7.46. The lowest BCUT2D eigenvalue weighted by Crippen LogP contribution is -2.30. The van der Waals surface area contributed by atoms with Crippen LogP contribution in [-0.2, 0) is 54.5 Å². The van der Waals surface area contributed by atoms with Gasteiger partial charge in [-0.1, -0.05) is 0 Å². The number of hydrogen-bond acceptors (Lipinski definition) is 17. The van der Waals surface area contributed by atoms with Crippen LogP contribution in [0.4, 0.5) is 0 Å². The highest BCUT2D eigenvalue weighted by Crippen LogP contribution is 2.45. The minimum atomic E-state index is -5.38. The molecule has 5 unspecified atom stereocenters. The van der Waals surface area contributed by atoms with E-state index in [1.165, 1.54) is 13.8 Å². The molecule has 21 heteroatoms. The van der Waals surface area contributed by atoms with Crippen molar-refractivity contribution in [3.8, 4) is 0 Å². The molecule has 0 aromatic rings. The molecule has 0 spiro atoms. The van der Waals surface area contributed by atoms with Crippen LogP contribution < -0.4 is 19.6 Å². The predicted octanol–water partition coefficient (Wildman–Crippen LogP) is -1.61. The van der Waals surface area contributed by atoms with Crippen molar-refractivity contribution in [2.24, 2.45) is 0 Å². The Morgan fingerprint density at radius 2 is 1.03 bits per heavy atom. The van der Waals surface area contributed by atoms with Gasteiger partial charge in [0, 0.05) is 7.11 Å². The van der Waals surface area contributed by atoms with Crippen molar-refractivity contribution in [3.05, 3.63) is 0 Å².